The molecule has 5 heteroatoms. The molecule has 0 aliphatic carbocycles. The van der Waals surface area contributed by atoms with E-state index in [1.807, 2.05) is 6.92 Å². The molecular formula is C12H24NaO4. The topological polar surface area (TPSA) is 63.6 Å². The number of unbranched alkanes of at least 4 members (excludes halogenated alkanes) is 1. The number of carboxylic acids is 1. The number of hydrogen-bond donors (Lipinski definition) is 1. The van der Waals surface area contributed by atoms with E-state index in [1.165, 1.54) is 6.92 Å². The van der Waals surface area contributed by atoms with Crippen LogP contribution in [0, 0.1) is 5.92 Å². The van der Waals surface area contributed by atoms with Crippen molar-refractivity contribution in [1.29, 1.82) is 0 Å². The molecule has 0 amide bonds. The number of carboxylic acid groups (broad SMARTS) is 1. The molecule has 0 aliphatic heterocycles. The van der Waals surface area contributed by atoms with Crippen LogP contribution >= 0.6 is 0 Å². The van der Waals surface area contributed by atoms with E-state index in [1.54, 1.807) is 6.92 Å². The predicted octanol–water partition coefficient (Wildman–Crippen LogP) is 2.48. The average molecular weight is 255 g/mol. The van der Waals surface area contributed by atoms with E-state index in [4.69, 9.17) is 5.11 Å². The van der Waals surface area contributed by atoms with Gasteiger partial charge in [-0.2, -0.15) is 0 Å². The molecule has 17 heavy (non-hydrogen) atoms. The van der Waals surface area contributed by atoms with Gasteiger partial charge >= 0.3 is 11.9 Å². The molecule has 0 spiro atoms. The zero-order chi connectivity index (χ0) is 13.0. The molecule has 0 bridgehead atoms. The van der Waals surface area contributed by atoms with Crippen LogP contribution in [0.25, 0.3) is 0 Å². The van der Waals surface area contributed by atoms with Gasteiger partial charge in [0.1, 0.15) is 0 Å². The summed E-state index contributed by atoms with van der Waals surface area (Å²) in [5.41, 5.74) is 0. The Morgan fingerprint density at radius 3 is 1.94 bits per heavy atom. The van der Waals surface area contributed by atoms with E-state index in [9.17, 15) is 9.59 Å². The van der Waals surface area contributed by atoms with Gasteiger partial charge < -0.3 is 9.84 Å². The van der Waals surface area contributed by atoms with Gasteiger partial charge in [0.15, 0.2) is 0 Å². The van der Waals surface area contributed by atoms with Crippen molar-refractivity contribution in [3.8, 4) is 0 Å². The maximum Gasteiger partial charge on any atom is 0.306 e. The zero-order valence-corrected chi connectivity index (χ0v) is 13.8. The van der Waals surface area contributed by atoms with Crippen molar-refractivity contribution in [2.45, 2.75) is 53.4 Å². The first-order valence-electron chi connectivity index (χ1n) is 5.85. The summed E-state index contributed by atoms with van der Waals surface area (Å²) in [7, 11) is 0. The monoisotopic (exact) mass is 255 g/mol. The molecule has 1 atom stereocenters. The second-order valence-electron chi connectivity index (χ2n) is 3.51. The van der Waals surface area contributed by atoms with Crippen LogP contribution in [0.4, 0.5) is 0 Å². The van der Waals surface area contributed by atoms with Gasteiger partial charge in [-0.25, -0.2) is 0 Å². The number of esters is 1. The fraction of sp³-hybridized carbons (Fsp3) is 0.833. The van der Waals surface area contributed by atoms with Crippen molar-refractivity contribution in [3.63, 3.8) is 0 Å². The van der Waals surface area contributed by atoms with Gasteiger partial charge in [0.2, 0.25) is 0 Å². The summed E-state index contributed by atoms with van der Waals surface area (Å²) in [6.45, 7) is 7.66. The predicted molar refractivity (Wildman–Crippen MR) is 69.0 cm³/mol. The van der Waals surface area contributed by atoms with Crippen LogP contribution in [-0.4, -0.2) is 53.2 Å². The molecule has 0 rings (SSSR count). The maximum absolute atomic E-state index is 10.4. The molecule has 0 aromatic heterocycles. The number of aliphatic carboxylic acids is 1. The van der Waals surface area contributed by atoms with Gasteiger partial charge in [-0.3, -0.25) is 9.59 Å². The van der Waals surface area contributed by atoms with Crippen molar-refractivity contribution in [1.82, 2.24) is 0 Å². The van der Waals surface area contributed by atoms with Gasteiger partial charge in [0.25, 0.3) is 0 Å². The van der Waals surface area contributed by atoms with E-state index >= 15 is 0 Å². The van der Waals surface area contributed by atoms with Crippen molar-refractivity contribution in [3.05, 3.63) is 0 Å². The fourth-order valence-electron chi connectivity index (χ4n) is 1.16. The van der Waals surface area contributed by atoms with E-state index in [0.717, 1.165) is 25.7 Å². The molecule has 0 heterocycles. The van der Waals surface area contributed by atoms with E-state index in [0.29, 0.717) is 6.61 Å². The molecule has 0 aromatic carbocycles. The van der Waals surface area contributed by atoms with Crippen molar-refractivity contribution in [2.75, 3.05) is 6.61 Å². The summed E-state index contributed by atoms with van der Waals surface area (Å²) >= 11 is 0. The Morgan fingerprint density at radius 2 is 1.76 bits per heavy atom. The summed E-state index contributed by atoms with van der Waals surface area (Å²) < 4.78 is 4.40. The summed E-state index contributed by atoms with van der Waals surface area (Å²) in [6, 6.07) is 0. The molecular weight excluding hydrogens is 231 g/mol. The van der Waals surface area contributed by atoms with Crippen molar-refractivity contribution >= 4 is 41.5 Å². The van der Waals surface area contributed by atoms with E-state index < -0.39 is 5.97 Å². The molecule has 0 saturated carbocycles. The molecule has 1 N–H and O–H groups in total. The van der Waals surface area contributed by atoms with Gasteiger partial charge in [0.05, 0.1) is 12.5 Å². The molecule has 0 aromatic rings. The van der Waals surface area contributed by atoms with Gasteiger partial charge in [-0.15, -0.1) is 0 Å². The number of ether oxygens (including phenoxy) is 1. The van der Waals surface area contributed by atoms with Crippen LogP contribution in [0.5, 0.6) is 0 Å². The van der Waals surface area contributed by atoms with Crippen LogP contribution in [0.15, 0.2) is 0 Å². The van der Waals surface area contributed by atoms with E-state index in [2.05, 4.69) is 11.7 Å². The van der Waals surface area contributed by atoms with Gasteiger partial charge in [0, 0.05) is 36.5 Å². The fourth-order valence-corrected chi connectivity index (χ4v) is 1.16. The Balaban J connectivity index is -0.000000244. The van der Waals surface area contributed by atoms with E-state index in [-0.39, 0.29) is 41.4 Å². The van der Waals surface area contributed by atoms with Crippen LogP contribution in [0.2, 0.25) is 0 Å². The van der Waals surface area contributed by atoms with Crippen molar-refractivity contribution in [2.24, 2.45) is 5.92 Å². The Hall–Kier alpha value is -0.0600. The summed E-state index contributed by atoms with van der Waals surface area (Å²) in [5.74, 6) is -0.964. The SMILES string of the molecule is CCCCC(CC)C(=O)O.CCOC(C)=O.[Na]. The Labute approximate surface area is 126 Å². The van der Waals surface area contributed by atoms with Gasteiger partial charge in [-0.05, 0) is 19.8 Å². The van der Waals surface area contributed by atoms with Crippen molar-refractivity contribution < 1.29 is 19.4 Å². The number of rotatable bonds is 6. The third kappa shape index (κ3) is 18.5. The molecule has 0 aliphatic rings. The third-order valence-electron chi connectivity index (χ3n) is 2.10. The molecule has 97 valence electrons. The second kappa shape index (κ2) is 15.9. The minimum atomic E-state index is -0.643. The summed E-state index contributed by atoms with van der Waals surface area (Å²) in [6.07, 6.45) is 3.71. The van der Waals surface area contributed by atoms with Crippen LogP contribution in [-0.2, 0) is 14.3 Å². The summed E-state index contributed by atoms with van der Waals surface area (Å²) in [5, 5.41) is 8.60. The number of hydrogen-bond acceptors (Lipinski definition) is 3. The molecule has 1 radical (unpaired) electrons. The molecule has 4 nitrogen and oxygen atoms in total. The normalized spacial score (nSPS) is 10.4. The molecule has 0 fully saturated rings. The Morgan fingerprint density at radius 1 is 1.24 bits per heavy atom. The Bertz CT molecular complexity index is 195. The Kier molecular flexibility index (Phi) is 20.8. The first kappa shape index (κ1) is 22.1. The minimum Gasteiger partial charge on any atom is -0.481 e. The second-order valence-corrected chi connectivity index (χ2v) is 3.51. The van der Waals surface area contributed by atoms with Crippen LogP contribution < -0.4 is 0 Å². The molecule has 0 saturated heterocycles. The smallest absolute Gasteiger partial charge is 0.306 e. The first-order valence-corrected chi connectivity index (χ1v) is 5.85. The van der Waals surface area contributed by atoms with Crippen LogP contribution in [0.1, 0.15) is 53.4 Å². The number of carbonyl (C=O) groups is 2. The van der Waals surface area contributed by atoms with Crippen LogP contribution in [0.3, 0.4) is 0 Å². The minimum absolute atomic E-state index is 0. The van der Waals surface area contributed by atoms with Gasteiger partial charge in [-0.1, -0.05) is 26.7 Å². The third-order valence-corrected chi connectivity index (χ3v) is 2.10. The quantitative estimate of drug-likeness (QED) is 0.585. The first-order chi connectivity index (χ1) is 7.49. The maximum atomic E-state index is 10.4. The average Bonchev–Trinajstić information content (AvgIpc) is 2.19. The standard InChI is InChI=1S/C8H16O2.C4H8O2.Na/c1-3-5-6-7(4-2)8(9)10;1-3-6-4(2)5;/h7H,3-6H2,1-2H3,(H,9,10);3H2,1-2H3;. The number of carbonyl (C=O) groups excluding carboxylic acids is 1. The largest absolute Gasteiger partial charge is 0.481 e. The molecule has 1 unspecified atom stereocenters. The summed E-state index contributed by atoms with van der Waals surface area (Å²) in [4.78, 5) is 20.3. The zero-order valence-electron chi connectivity index (χ0n) is 11.8.